The van der Waals surface area contributed by atoms with Crippen molar-refractivity contribution in [2.75, 3.05) is 25.1 Å². The average Bonchev–Trinajstić information content (AvgIpc) is 3.09. The zero-order valence-corrected chi connectivity index (χ0v) is 12.9. The van der Waals surface area contributed by atoms with E-state index in [4.69, 9.17) is 4.74 Å². The zero-order chi connectivity index (χ0) is 15.5. The minimum absolute atomic E-state index is 0.0448. The Morgan fingerprint density at radius 3 is 2.50 bits per heavy atom. The molecular weight excluding hydrogens is 281 g/mol. The third-order valence-electron chi connectivity index (χ3n) is 4.12. The maximum atomic E-state index is 14.0. The van der Waals surface area contributed by atoms with Gasteiger partial charge in [0, 0.05) is 25.8 Å². The van der Waals surface area contributed by atoms with E-state index in [1.165, 1.54) is 6.20 Å². The second-order valence-corrected chi connectivity index (χ2v) is 5.56. The number of halogens is 1. The van der Waals surface area contributed by atoms with Gasteiger partial charge in [-0.15, -0.1) is 0 Å². The van der Waals surface area contributed by atoms with Crippen molar-refractivity contribution in [3.63, 3.8) is 0 Å². The molecule has 1 aliphatic heterocycles. The monoisotopic (exact) mass is 301 g/mol. The molecule has 0 spiro atoms. The Bertz CT molecular complexity index is 639. The number of anilines is 1. The fraction of sp³-hybridized carbons (Fsp3) is 0.412. The topological polar surface area (TPSA) is 38.2 Å². The van der Waals surface area contributed by atoms with Crippen LogP contribution in [-0.2, 0) is 4.74 Å². The molecule has 0 bridgehead atoms. The molecule has 5 heteroatoms. The lowest BCUT2D eigenvalue weighted by Gasteiger charge is -2.17. The van der Waals surface area contributed by atoms with Gasteiger partial charge in [-0.3, -0.25) is 0 Å². The van der Waals surface area contributed by atoms with Gasteiger partial charge in [0.25, 0.3) is 0 Å². The summed E-state index contributed by atoms with van der Waals surface area (Å²) in [5.74, 6) is 0.618. The van der Waals surface area contributed by atoms with Crippen LogP contribution >= 0.6 is 0 Å². The maximum Gasteiger partial charge on any atom is 0.183 e. The van der Waals surface area contributed by atoms with Crippen molar-refractivity contribution in [2.45, 2.75) is 25.9 Å². The SMILES string of the molecule is CO[C@H](C)c1ccc(-c2ncc(F)c(N3CCCC3)n2)cc1. The lowest BCUT2D eigenvalue weighted by atomic mass is 10.1. The van der Waals surface area contributed by atoms with Crippen LogP contribution < -0.4 is 4.90 Å². The van der Waals surface area contributed by atoms with Crippen molar-refractivity contribution in [1.82, 2.24) is 9.97 Å². The van der Waals surface area contributed by atoms with Gasteiger partial charge >= 0.3 is 0 Å². The first kappa shape index (κ1) is 14.9. The van der Waals surface area contributed by atoms with Gasteiger partial charge in [0.15, 0.2) is 17.5 Å². The number of nitrogens with zero attached hydrogens (tertiary/aromatic N) is 3. The Balaban J connectivity index is 1.89. The summed E-state index contributed by atoms with van der Waals surface area (Å²) >= 11 is 0. The lowest BCUT2D eigenvalue weighted by Crippen LogP contribution is -2.21. The molecule has 1 atom stereocenters. The van der Waals surface area contributed by atoms with Gasteiger partial charge < -0.3 is 9.64 Å². The van der Waals surface area contributed by atoms with Gasteiger partial charge in [0.05, 0.1) is 12.3 Å². The van der Waals surface area contributed by atoms with E-state index >= 15 is 0 Å². The first-order valence-corrected chi connectivity index (χ1v) is 7.59. The second kappa shape index (κ2) is 6.40. The first-order valence-electron chi connectivity index (χ1n) is 7.59. The molecule has 0 aliphatic carbocycles. The molecule has 0 amide bonds. The largest absolute Gasteiger partial charge is 0.377 e. The average molecular weight is 301 g/mol. The Labute approximate surface area is 130 Å². The van der Waals surface area contributed by atoms with Crippen molar-refractivity contribution in [2.24, 2.45) is 0 Å². The summed E-state index contributed by atoms with van der Waals surface area (Å²) in [6.07, 6.45) is 3.48. The van der Waals surface area contributed by atoms with E-state index in [0.29, 0.717) is 11.6 Å². The highest BCUT2D eigenvalue weighted by Gasteiger charge is 2.19. The highest BCUT2D eigenvalue weighted by molar-refractivity contribution is 5.58. The summed E-state index contributed by atoms with van der Waals surface area (Å²) in [7, 11) is 1.68. The van der Waals surface area contributed by atoms with Crippen LogP contribution in [0.3, 0.4) is 0 Å². The third-order valence-corrected chi connectivity index (χ3v) is 4.12. The van der Waals surface area contributed by atoms with Gasteiger partial charge in [0.1, 0.15) is 0 Å². The van der Waals surface area contributed by atoms with Crippen molar-refractivity contribution in [3.05, 3.63) is 41.8 Å². The molecule has 4 nitrogen and oxygen atoms in total. The highest BCUT2D eigenvalue weighted by Crippen LogP contribution is 2.25. The van der Waals surface area contributed by atoms with E-state index in [2.05, 4.69) is 9.97 Å². The van der Waals surface area contributed by atoms with Gasteiger partial charge in [-0.1, -0.05) is 24.3 Å². The van der Waals surface area contributed by atoms with Crippen molar-refractivity contribution < 1.29 is 9.13 Å². The Hall–Kier alpha value is -2.01. The van der Waals surface area contributed by atoms with Crippen LogP contribution in [0.15, 0.2) is 30.5 Å². The van der Waals surface area contributed by atoms with E-state index in [-0.39, 0.29) is 11.9 Å². The third kappa shape index (κ3) is 2.95. The molecule has 0 N–H and O–H groups in total. The molecule has 1 aromatic carbocycles. The van der Waals surface area contributed by atoms with Crippen LogP contribution in [0.5, 0.6) is 0 Å². The van der Waals surface area contributed by atoms with Crippen LogP contribution in [0.25, 0.3) is 11.4 Å². The van der Waals surface area contributed by atoms with E-state index in [9.17, 15) is 4.39 Å². The molecule has 1 saturated heterocycles. The van der Waals surface area contributed by atoms with Crippen molar-refractivity contribution in [1.29, 1.82) is 0 Å². The minimum atomic E-state index is -0.352. The molecule has 1 fully saturated rings. The van der Waals surface area contributed by atoms with E-state index in [1.54, 1.807) is 7.11 Å². The van der Waals surface area contributed by atoms with Crippen LogP contribution in [-0.4, -0.2) is 30.2 Å². The molecule has 1 aromatic heterocycles. The number of hydrogen-bond donors (Lipinski definition) is 0. The molecule has 3 rings (SSSR count). The molecule has 0 unspecified atom stereocenters. The standard InChI is InChI=1S/C17H20FN3O/c1-12(22-2)13-5-7-14(8-6-13)16-19-11-15(18)17(20-16)21-9-3-4-10-21/h5-8,11-12H,3-4,9-10H2,1-2H3/t12-/m1/s1. The van der Waals surface area contributed by atoms with Crippen LogP contribution in [0.1, 0.15) is 31.4 Å². The summed E-state index contributed by atoms with van der Waals surface area (Å²) in [5, 5.41) is 0. The number of aromatic nitrogens is 2. The number of benzene rings is 1. The summed E-state index contributed by atoms with van der Waals surface area (Å²) in [5.41, 5.74) is 1.97. The first-order chi connectivity index (χ1) is 10.7. The van der Waals surface area contributed by atoms with Gasteiger partial charge in [-0.25, -0.2) is 14.4 Å². The van der Waals surface area contributed by atoms with Crippen LogP contribution in [0.2, 0.25) is 0 Å². The minimum Gasteiger partial charge on any atom is -0.377 e. The van der Waals surface area contributed by atoms with Crippen LogP contribution in [0, 0.1) is 5.82 Å². The molecule has 0 saturated carbocycles. The van der Waals surface area contributed by atoms with Crippen molar-refractivity contribution >= 4 is 5.82 Å². The molecule has 0 radical (unpaired) electrons. The van der Waals surface area contributed by atoms with E-state index in [0.717, 1.165) is 37.1 Å². The van der Waals surface area contributed by atoms with Crippen molar-refractivity contribution in [3.8, 4) is 11.4 Å². The lowest BCUT2D eigenvalue weighted by molar-refractivity contribution is 0.119. The predicted molar refractivity (Wildman–Crippen MR) is 84.3 cm³/mol. The maximum absolute atomic E-state index is 14.0. The predicted octanol–water partition coefficient (Wildman–Crippen LogP) is 3.59. The summed E-state index contributed by atoms with van der Waals surface area (Å²) in [4.78, 5) is 10.5. The molecule has 22 heavy (non-hydrogen) atoms. The van der Waals surface area contributed by atoms with Gasteiger partial charge in [-0.05, 0) is 25.3 Å². The van der Waals surface area contributed by atoms with Crippen LogP contribution in [0.4, 0.5) is 10.2 Å². The van der Waals surface area contributed by atoms with E-state index in [1.807, 2.05) is 36.1 Å². The Morgan fingerprint density at radius 2 is 1.86 bits per heavy atom. The highest BCUT2D eigenvalue weighted by atomic mass is 19.1. The summed E-state index contributed by atoms with van der Waals surface area (Å²) in [6.45, 7) is 3.71. The number of hydrogen-bond acceptors (Lipinski definition) is 4. The Morgan fingerprint density at radius 1 is 1.18 bits per heavy atom. The molecule has 2 heterocycles. The molecular formula is C17H20FN3O. The number of methoxy groups -OCH3 is 1. The summed E-state index contributed by atoms with van der Waals surface area (Å²) < 4.78 is 19.3. The molecule has 116 valence electrons. The second-order valence-electron chi connectivity index (χ2n) is 5.56. The number of ether oxygens (including phenoxy) is 1. The normalized spacial score (nSPS) is 16.0. The smallest absolute Gasteiger partial charge is 0.183 e. The quantitative estimate of drug-likeness (QED) is 0.865. The number of rotatable bonds is 4. The molecule has 1 aliphatic rings. The summed E-state index contributed by atoms with van der Waals surface area (Å²) in [6, 6.07) is 7.88. The molecule has 2 aromatic rings. The van der Waals surface area contributed by atoms with Gasteiger partial charge in [0.2, 0.25) is 0 Å². The fourth-order valence-electron chi connectivity index (χ4n) is 2.69. The zero-order valence-electron chi connectivity index (χ0n) is 12.9. The van der Waals surface area contributed by atoms with E-state index < -0.39 is 0 Å². The fourth-order valence-corrected chi connectivity index (χ4v) is 2.69. The Kier molecular flexibility index (Phi) is 4.34. The van der Waals surface area contributed by atoms with Gasteiger partial charge in [-0.2, -0.15) is 0 Å².